The number of rotatable bonds is 10. The zero-order chi connectivity index (χ0) is 24.0. The SMILES string of the molecule is CCOC(=O)c1c(NC(=O)CSc2nnc(Cc3ccc(OC)cc3)n2N)sc(C)c1CC. The van der Waals surface area contributed by atoms with Crippen LogP contribution in [0.5, 0.6) is 5.75 Å². The highest BCUT2D eigenvalue weighted by Crippen LogP contribution is 2.34. The Morgan fingerprint density at radius 1 is 1.21 bits per heavy atom. The number of hydrogen-bond acceptors (Lipinski definition) is 9. The molecule has 0 unspecified atom stereocenters. The fourth-order valence-electron chi connectivity index (χ4n) is 3.26. The van der Waals surface area contributed by atoms with Gasteiger partial charge in [-0.1, -0.05) is 30.8 Å². The second-order valence-corrected chi connectivity index (χ2v) is 9.21. The zero-order valence-electron chi connectivity index (χ0n) is 19.0. The van der Waals surface area contributed by atoms with Crippen LogP contribution >= 0.6 is 23.1 Å². The summed E-state index contributed by atoms with van der Waals surface area (Å²) >= 11 is 2.55. The third kappa shape index (κ3) is 5.85. The van der Waals surface area contributed by atoms with E-state index in [1.54, 1.807) is 14.0 Å². The molecular weight excluding hydrogens is 462 g/mol. The summed E-state index contributed by atoms with van der Waals surface area (Å²) in [4.78, 5) is 26.0. The van der Waals surface area contributed by atoms with Crippen LogP contribution in [0.1, 0.15) is 46.0 Å². The van der Waals surface area contributed by atoms with Gasteiger partial charge in [-0.2, -0.15) is 0 Å². The van der Waals surface area contributed by atoms with Crippen LogP contribution in [0.25, 0.3) is 0 Å². The van der Waals surface area contributed by atoms with Crippen molar-refractivity contribution in [3.05, 3.63) is 51.7 Å². The van der Waals surface area contributed by atoms with Gasteiger partial charge in [0.1, 0.15) is 10.8 Å². The van der Waals surface area contributed by atoms with Crippen molar-refractivity contribution in [2.75, 3.05) is 30.6 Å². The standard InChI is InChI=1S/C22H27N5O4S2/c1-5-16-13(3)33-20(19(16)21(29)31-6-2)24-18(28)12-32-22-26-25-17(27(22)23)11-14-7-9-15(30-4)10-8-14/h7-10H,5-6,11-12,23H2,1-4H3,(H,24,28). The van der Waals surface area contributed by atoms with Crippen LogP contribution < -0.4 is 15.9 Å². The van der Waals surface area contributed by atoms with Gasteiger partial charge in [0.15, 0.2) is 5.82 Å². The summed E-state index contributed by atoms with van der Waals surface area (Å²) in [5.41, 5.74) is 2.34. The van der Waals surface area contributed by atoms with E-state index in [-0.39, 0.29) is 18.3 Å². The lowest BCUT2D eigenvalue weighted by atomic mass is 10.1. The monoisotopic (exact) mass is 489 g/mol. The number of aryl methyl sites for hydroxylation is 1. The van der Waals surface area contributed by atoms with Crippen molar-refractivity contribution in [1.82, 2.24) is 14.9 Å². The first-order chi connectivity index (χ1) is 15.9. The van der Waals surface area contributed by atoms with E-state index < -0.39 is 5.97 Å². The van der Waals surface area contributed by atoms with Crippen molar-refractivity contribution < 1.29 is 19.1 Å². The lowest BCUT2D eigenvalue weighted by Crippen LogP contribution is -2.18. The third-order valence-electron chi connectivity index (χ3n) is 4.88. The van der Waals surface area contributed by atoms with E-state index in [2.05, 4.69) is 15.5 Å². The van der Waals surface area contributed by atoms with E-state index in [0.29, 0.717) is 34.4 Å². The molecule has 2 aromatic heterocycles. The summed E-state index contributed by atoms with van der Waals surface area (Å²) in [5, 5.41) is 12.0. The Morgan fingerprint density at radius 2 is 1.94 bits per heavy atom. The van der Waals surface area contributed by atoms with Crippen LogP contribution in [-0.2, 0) is 22.4 Å². The number of methoxy groups -OCH3 is 1. The predicted octanol–water partition coefficient (Wildman–Crippen LogP) is 3.43. The van der Waals surface area contributed by atoms with Crippen molar-refractivity contribution >= 4 is 40.0 Å². The molecule has 9 nitrogen and oxygen atoms in total. The minimum Gasteiger partial charge on any atom is -0.497 e. The number of hydrogen-bond donors (Lipinski definition) is 2. The number of ether oxygens (including phenoxy) is 2. The van der Waals surface area contributed by atoms with Gasteiger partial charge in [-0.3, -0.25) is 4.79 Å². The van der Waals surface area contributed by atoms with Gasteiger partial charge in [0, 0.05) is 11.3 Å². The molecule has 3 aromatic rings. The van der Waals surface area contributed by atoms with Gasteiger partial charge in [-0.25, -0.2) is 9.47 Å². The molecule has 33 heavy (non-hydrogen) atoms. The third-order valence-corrected chi connectivity index (χ3v) is 6.89. The molecule has 1 aromatic carbocycles. The van der Waals surface area contributed by atoms with Crippen LogP contribution in [0.2, 0.25) is 0 Å². The van der Waals surface area contributed by atoms with Crippen molar-refractivity contribution in [2.45, 2.75) is 38.8 Å². The first-order valence-electron chi connectivity index (χ1n) is 10.4. The highest BCUT2D eigenvalue weighted by molar-refractivity contribution is 7.99. The van der Waals surface area contributed by atoms with E-state index in [1.165, 1.54) is 27.8 Å². The molecule has 176 valence electrons. The predicted molar refractivity (Wildman–Crippen MR) is 130 cm³/mol. The maximum absolute atomic E-state index is 12.6. The molecule has 0 aliphatic rings. The number of esters is 1. The highest BCUT2D eigenvalue weighted by atomic mass is 32.2. The molecule has 11 heteroatoms. The molecule has 3 N–H and O–H groups in total. The number of amides is 1. The molecular formula is C22H27N5O4S2. The van der Waals surface area contributed by atoms with E-state index in [1.807, 2.05) is 38.1 Å². The number of benzene rings is 1. The summed E-state index contributed by atoms with van der Waals surface area (Å²) in [6, 6.07) is 7.60. The summed E-state index contributed by atoms with van der Waals surface area (Å²) in [6.45, 7) is 5.92. The van der Waals surface area contributed by atoms with E-state index in [9.17, 15) is 9.59 Å². The Morgan fingerprint density at radius 3 is 2.58 bits per heavy atom. The first kappa shape index (κ1) is 24.6. The molecule has 0 aliphatic carbocycles. The maximum Gasteiger partial charge on any atom is 0.341 e. The van der Waals surface area contributed by atoms with Gasteiger partial charge in [-0.05, 0) is 43.5 Å². The lowest BCUT2D eigenvalue weighted by Gasteiger charge is -2.08. The number of carbonyl (C=O) groups excluding carboxylic acids is 2. The Kier molecular flexibility index (Phi) is 8.34. The number of nitrogens with zero attached hydrogens (tertiary/aromatic N) is 3. The van der Waals surface area contributed by atoms with Gasteiger partial charge in [0.05, 0.1) is 25.0 Å². The molecule has 0 saturated carbocycles. The topological polar surface area (TPSA) is 121 Å². The summed E-state index contributed by atoms with van der Waals surface area (Å²) in [5.74, 6) is 6.86. The second-order valence-electron chi connectivity index (χ2n) is 7.05. The molecule has 0 spiro atoms. The number of thioether (sulfide) groups is 1. The Hall–Kier alpha value is -3.05. The number of aromatic nitrogens is 3. The minimum atomic E-state index is -0.425. The number of nitrogens with two attached hydrogens (primary N) is 1. The van der Waals surface area contributed by atoms with Crippen molar-refractivity contribution in [3.8, 4) is 5.75 Å². The quantitative estimate of drug-likeness (QED) is 0.252. The van der Waals surface area contributed by atoms with E-state index in [4.69, 9.17) is 15.3 Å². The summed E-state index contributed by atoms with van der Waals surface area (Å²) in [6.07, 6.45) is 1.17. The average molecular weight is 490 g/mol. The van der Waals surface area contributed by atoms with Crippen LogP contribution in [-0.4, -0.2) is 46.2 Å². The van der Waals surface area contributed by atoms with Crippen LogP contribution in [0.3, 0.4) is 0 Å². The first-order valence-corrected chi connectivity index (χ1v) is 12.2. The number of nitrogens with one attached hydrogen (secondary N) is 1. The van der Waals surface area contributed by atoms with Gasteiger partial charge in [0.25, 0.3) is 0 Å². The van der Waals surface area contributed by atoms with E-state index in [0.717, 1.165) is 21.8 Å². The largest absolute Gasteiger partial charge is 0.497 e. The number of thiophene rings is 1. The second kappa shape index (κ2) is 11.2. The van der Waals surface area contributed by atoms with Crippen molar-refractivity contribution in [1.29, 1.82) is 0 Å². The molecule has 0 saturated heterocycles. The Labute approximate surface area is 200 Å². The molecule has 1 amide bonds. The number of carbonyl (C=O) groups is 2. The van der Waals surface area contributed by atoms with E-state index >= 15 is 0 Å². The fourth-order valence-corrected chi connectivity index (χ4v) is 5.08. The summed E-state index contributed by atoms with van der Waals surface area (Å²) in [7, 11) is 1.62. The van der Waals surface area contributed by atoms with Crippen LogP contribution in [0.15, 0.2) is 29.4 Å². The average Bonchev–Trinajstić information content (AvgIpc) is 3.31. The maximum atomic E-state index is 12.6. The minimum absolute atomic E-state index is 0.0680. The fraction of sp³-hybridized carbons (Fsp3) is 0.364. The molecule has 0 aliphatic heterocycles. The molecule has 0 atom stereocenters. The Bertz CT molecular complexity index is 1120. The summed E-state index contributed by atoms with van der Waals surface area (Å²) < 4.78 is 11.7. The number of anilines is 1. The van der Waals surface area contributed by atoms with Crippen molar-refractivity contribution in [3.63, 3.8) is 0 Å². The highest BCUT2D eigenvalue weighted by Gasteiger charge is 2.23. The molecule has 0 radical (unpaired) electrons. The molecule has 0 fully saturated rings. The van der Waals surface area contributed by atoms with Crippen molar-refractivity contribution in [2.24, 2.45) is 0 Å². The van der Waals surface area contributed by atoms with Gasteiger partial charge in [0.2, 0.25) is 11.1 Å². The van der Waals surface area contributed by atoms with Crippen LogP contribution in [0, 0.1) is 6.92 Å². The lowest BCUT2D eigenvalue weighted by molar-refractivity contribution is -0.113. The molecule has 3 rings (SSSR count). The normalized spacial score (nSPS) is 10.8. The smallest absolute Gasteiger partial charge is 0.341 e. The Balaban J connectivity index is 1.64. The van der Waals surface area contributed by atoms with Gasteiger partial charge < -0.3 is 20.6 Å². The molecule has 2 heterocycles. The number of nitrogen functional groups attached to an aromatic ring is 1. The van der Waals surface area contributed by atoms with Gasteiger partial charge in [-0.15, -0.1) is 21.5 Å². The zero-order valence-corrected chi connectivity index (χ0v) is 20.6. The van der Waals surface area contributed by atoms with Gasteiger partial charge >= 0.3 is 5.97 Å². The molecule has 0 bridgehead atoms. The van der Waals surface area contributed by atoms with Crippen LogP contribution in [0.4, 0.5) is 5.00 Å².